The van der Waals surface area contributed by atoms with Crippen LogP contribution in [0.25, 0.3) is 0 Å². The fraction of sp³-hybridized carbons (Fsp3) is 0.143. The van der Waals surface area contributed by atoms with Crippen molar-refractivity contribution < 1.29 is 9.90 Å². The Kier molecular flexibility index (Phi) is 7.51. The van der Waals surface area contributed by atoms with Gasteiger partial charge in [0, 0.05) is 12.4 Å². The Hall–Kier alpha value is -0.840. The van der Waals surface area contributed by atoms with Crippen LogP contribution in [0.5, 0.6) is 0 Å². The minimum atomic E-state index is -1.03. The molecule has 0 radical (unpaired) electrons. The summed E-state index contributed by atoms with van der Waals surface area (Å²) in [5.41, 5.74) is 5.87. The molecule has 13 heavy (non-hydrogen) atoms. The first-order chi connectivity index (χ1) is 5.22. The maximum Gasteiger partial charge on any atom is 0.325 e. The third-order valence-electron chi connectivity index (χ3n) is 1.33. The Morgan fingerprint density at radius 2 is 1.85 bits per heavy atom. The molecular weight excluding hydrogens is 215 g/mol. The first-order valence-electron chi connectivity index (χ1n) is 3.10. The van der Waals surface area contributed by atoms with Crippen molar-refractivity contribution in [3.63, 3.8) is 0 Å². The topological polar surface area (TPSA) is 76.2 Å². The number of carboxylic acid groups (broad SMARTS) is 1. The lowest BCUT2D eigenvalue weighted by molar-refractivity contribution is -0.138. The van der Waals surface area contributed by atoms with Crippen LogP contribution in [0.3, 0.4) is 0 Å². The fourth-order valence-electron chi connectivity index (χ4n) is 0.713. The standard InChI is InChI=1S/C7H8N2O2.2ClH/c8-6(7(10)11)5-1-3-9-4-2-5;;/h1-4,6H,8H2,(H,10,11);2*1H. The van der Waals surface area contributed by atoms with Crippen LogP contribution in [0.2, 0.25) is 0 Å². The average molecular weight is 225 g/mol. The van der Waals surface area contributed by atoms with E-state index in [2.05, 4.69) is 4.98 Å². The summed E-state index contributed by atoms with van der Waals surface area (Å²) in [4.78, 5) is 14.1. The lowest BCUT2D eigenvalue weighted by atomic mass is 10.1. The highest BCUT2D eigenvalue weighted by atomic mass is 35.5. The van der Waals surface area contributed by atoms with E-state index in [9.17, 15) is 4.79 Å². The average Bonchev–Trinajstić information content (AvgIpc) is 2.05. The minimum Gasteiger partial charge on any atom is -0.480 e. The van der Waals surface area contributed by atoms with Crippen molar-refractivity contribution in [3.05, 3.63) is 30.1 Å². The lowest BCUT2D eigenvalue weighted by Crippen LogP contribution is -2.20. The highest BCUT2D eigenvalue weighted by molar-refractivity contribution is 5.85. The van der Waals surface area contributed by atoms with Crippen molar-refractivity contribution in [3.8, 4) is 0 Å². The smallest absolute Gasteiger partial charge is 0.325 e. The maximum absolute atomic E-state index is 10.4. The lowest BCUT2D eigenvalue weighted by Gasteiger charge is -2.04. The molecule has 0 saturated heterocycles. The van der Waals surface area contributed by atoms with Crippen molar-refractivity contribution in [1.82, 2.24) is 4.98 Å². The summed E-state index contributed by atoms with van der Waals surface area (Å²) in [6, 6.07) is 2.22. The fourth-order valence-corrected chi connectivity index (χ4v) is 0.713. The molecule has 1 unspecified atom stereocenters. The Morgan fingerprint density at radius 3 is 2.23 bits per heavy atom. The molecule has 0 fully saturated rings. The molecule has 0 saturated carbocycles. The van der Waals surface area contributed by atoms with E-state index in [4.69, 9.17) is 10.8 Å². The number of hydrogen-bond acceptors (Lipinski definition) is 3. The number of nitrogens with two attached hydrogens (primary N) is 1. The van der Waals surface area contributed by atoms with E-state index in [1.165, 1.54) is 12.4 Å². The molecular formula is C7H10Cl2N2O2. The van der Waals surface area contributed by atoms with E-state index in [1.807, 2.05) is 0 Å². The number of halogens is 2. The number of carbonyl (C=O) groups is 1. The van der Waals surface area contributed by atoms with Gasteiger partial charge in [0.1, 0.15) is 6.04 Å². The van der Waals surface area contributed by atoms with Crippen LogP contribution < -0.4 is 5.73 Å². The van der Waals surface area contributed by atoms with E-state index >= 15 is 0 Å². The number of nitrogens with zero attached hydrogens (tertiary/aromatic N) is 1. The Bertz CT molecular complexity index is 256. The van der Waals surface area contributed by atoms with E-state index in [1.54, 1.807) is 12.1 Å². The zero-order valence-electron chi connectivity index (χ0n) is 6.58. The summed E-state index contributed by atoms with van der Waals surface area (Å²) in [5.74, 6) is -1.03. The number of rotatable bonds is 2. The zero-order chi connectivity index (χ0) is 8.27. The van der Waals surface area contributed by atoms with Gasteiger partial charge in [0.25, 0.3) is 0 Å². The van der Waals surface area contributed by atoms with Gasteiger partial charge in [0.15, 0.2) is 0 Å². The first-order valence-corrected chi connectivity index (χ1v) is 3.10. The molecule has 0 aliphatic carbocycles. The Balaban J connectivity index is 0. The number of carboxylic acids is 1. The highest BCUT2D eigenvalue weighted by Gasteiger charge is 2.12. The molecule has 1 atom stereocenters. The third kappa shape index (κ3) is 4.07. The van der Waals surface area contributed by atoms with Gasteiger partial charge >= 0.3 is 5.97 Å². The predicted molar refractivity (Wildman–Crippen MR) is 53.3 cm³/mol. The quantitative estimate of drug-likeness (QED) is 0.787. The Labute approximate surface area is 88.0 Å². The molecule has 4 nitrogen and oxygen atoms in total. The van der Waals surface area contributed by atoms with Crippen molar-refractivity contribution in [2.75, 3.05) is 0 Å². The summed E-state index contributed by atoms with van der Waals surface area (Å²) >= 11 is 0. The molecule has 0 spiro atoms. The van der Waals surface area contributed by atoms with Crippen LogP contribution in [-0.4, -0.2) is 16.1 Å². The third-order valence-corrected chi connectivity index (χ3v) is 1.33. The number of aliphatic carboxylic acids is 1. The largest absolute Gasteiger partial charge is 0.480 e. The molecule has 1 heterocycles. The normalized spacial score (nSPS) is 10.5. The molecule has 1 rings (SSSR count). The minimum absolute atomic E-state index is 0. The first kappa shape index (κ1) is 14.7. The van der Waals surface area contributed by atoms with Gasteiger partial charge in [-0.2, -0.15) is 0 Å². The number of hydrogen-bond donors (Lipinski definition) is 2. The SMILES string of the molecule is Cl.Cl.NC(C(=O)O)c1ccncc1. The van der Waals surface area contributed by atoms with Crippen LogP contribution in [-0.2, 0) is 4.79 Å². The van der Waals surface area contributed by atoms with Gasteiger partial charge < -0.3 is 10.8 Å². The zero-order valence-corrected chi connectivity index (χ0v) is 8.22. The molecule has 3 N–H and O–H groups in total. The summed E-state index contributed by atoms with van der Waals surface area (Å²) in [7, 11) is 0. The van der Waals surface area contributed by atoms with Gasteiger partial charge in [0.2, 0.25) is 0 Å². The van der Waals surface area contributed by atoms with Gasteiger partial charge in [-0.1, -0.05) is 0 Å². The number of aromatic nitrogens is 1. The molecule has 6 heteroatoms. The van der Waals surface area contributed by atoms with E-state index in [0.717, 1.165) is 0 Å². The van der Waals surface area contributed by atoms with Crippen LogP contribution in [0.15, 0.2) is 24.5 Å². The molecule has 0 aromatic carbocycles. The van der Waals surface area contributed by atoms with Gasteiger partial charge in [0.05, 0.1) is 0 Å². The van der Waals surface area contributed by atoms with Crippen LogP contribution in [0, 0.1) is 0 Å². The summed E-state index contributed by atoms with van der Waals surface area (Å²) in [6.45, 7) is 0. The van der Waals surface area contributed by atoms with Crippen molar-refractivity contribution in [2.45, 2.75) is 6.04 Å². The maximum atomic E-state index is 10.4. The molecule has 1 aromatic heterocycles. The van der Waals surface area contributed by atoms with Crippen LogP contribution >= 0.6 is 24.8 Å². The Morgan fingerprint density at radius 1 is 1.38 bits per heavy atom. The summed E-state index contributed by atoms with van der Waals surface area (Å²) in [6.07, 6.45) is 3.02. The van der Waals surface area contributed by atoms with E-state index < -0.39 is 12.0 Å². The summed E-state index contributed by atoms with van der Waals surface area (Å²) in [5, 5.41) is 8.49. The molecule has 0 amide bonds. The molecule has 0 aliphatic heterocycles. The molecule has 74 valence electrons. The molecule has 1 aromatic rings. The number of pyridine rings is 1. The molecule has 0 aliphatic rings. The monoisotopic (exact) mass is 224 g/mol. The molecule has 0 bridgehead atoms. The van der Waals surface area contributed by atoms with Gasteiger partial charge in [-0.05, 0) is 17.7 Å². The van der Waals surface area contributed by atoms with Crippen molar-refractivity contribution in [1.29, 1.82) is 0 Å². The van der Waals surface area contributed by atoms with E-state index in [-0.39, 0.29) is 24.8 Å². The second-order valence-corrected chi connectivity index (χ2v) is 2.10. The van der Waals surface area contributed by atoms with Crippen LogP contribution in [0.1, 0.15) is 11.6 Å². The van der Waals surface area contributed by atoms with Gasteiger partial charge in [-0.25, -0.2) is 0 Å². The van der Waals surface area contributed by atoms with Crippen molar-refractivity contribution >= 4 is 30.8 Å². The second-order valence-electron chi connectivity index (χ2n) is 2.10. The van der Waals surface area contributed by atoms with Crippen molar-refractivity contribution in [2.24, 2.45) is 5.73 Å². The van der Waals surface area contributed by atoms with Crippen LogP contribution in [0.4, 0.5) is 0 Å². The van der Waals surface area contributed by atoms with E-state index in [0.29, 0.717) is 5.56 Å². The predicted octanol–water partition coefficient (Wildman–Crippen LogP) is 1.01. The summed E-state index contributed by atoms with van der Waals surface area (Å²) < 4.78 is 0. The van der Waals surface area contributed by atoms with Gasteiger partial charge in [-0.15, -0.1) is 24.8 Å². The second kappa shape index (κ2) is 6.65. The highest BCUT2D eigenvalue weighted by Crippen LogP contribution is 2.07. The van der Waals surface area contributed by atoms with Gasteiger partial charge in [-0.3, -0.25) is 9.78 Å².